The molecule has 0 spiro atoms. The third-order valence-electron chi connectivity index (χ3n) is 2.67. The number of carboxylic acids is 1. The SMILES string of the molecule is CCCCN(CC(N)=O)C(=O)Nc1cccnc1C(=O)O. The Morgan fingerprint density at radius 1 is 1.43 bits per heavy atom. The molecule has 0 fully saturated rings. The molecule has 1 rings (SSSR count). The van der Waals surface area contributed by atoms with E-state index in [1.165, 1.54) is 23.2 Å². The van der Waals surface area contributed by atoms with Crippen molar-refractivity contribution in [2.24, 2.45) is 5.73 Å². The third kappa shape index (κ3) is 5.09. The Kier molecular flexibility index (Phi) is 6.12. The smallest absolute Gasteiger partial charge is 0.356 e. The summed E-state index contributed by atoms with van der Waals surface area (Å²) in [5.41, 5.74) is 4.91. The van der Waals surface area contributed by atoms with E-state index in [0.29, 0.717) is 13.0 Å². The van der Waals surface area contributed by atoms with Crippen molar-refractivity contribution in [2.45, 2.75) is 19.8 Å². The predicted octanol–water partition coefficient (Wildman–Crippen LogP) is 0.899. The fourth-order valence-corrected chi connectivity index (χ4v) is 1.66. The number of primary amides is 1. The second-order valence-corrected chi connectivity index (χ2v) is 4.38. The molecule has 0 aliphatic heterocycles. The summed E-state index contributed by atoms with van der Waals surface area (Å²) < 4.78 is 0. The number of hydrogen-bond donors (Lipinski definition) is 3. The first-order valence-electron chi connectivity index (χ1n) is 6.48. The summed E-state index contributed by atoms with van der Waals surface area (Å²) >= 11 is 0. The van der Waals surface area contributed by atoms with Crippen LogP contribution < -0.4 is 11.1 Å². The molecule has 21 heavy (non-hydrogen) atoms. The highest BCUT2D eigenvalue weighted by molar-refractivity contribution is 5.99. The topological polar surface area (TPSA) is 126 Å². The summed E-state index contributed by atoms with van der Waals surface area (Å²) in [6, 6.07) is 2.35. The monoisotopic (exact) mass is 294 g/mol. The minimum Gasteiger partial charge on any atom is -0.476 e. The number of pyridine rings is 1. The van der Waals surface area contributed by atoms with Crippen molar-refractivity contribution in [3.8, 4) is 0 Å². The van der Waals surface area contributed by atoms with E-state index in [-0.39, 0.29) is 17.9 Å². The van der Waals surface area contributed by atoms with Gasteiger partial charge in [-0.15, -0.1) is 0 Å². The van der Waals surface area contributed by atoms with E-state index in [1.54, 1.807) is 0 Å². The maximum absolute atomic E-state index is 12.1. The number of nitrogens with one attached hydrogen (secondary N) is 1. The molecule has 0 radical (unpaired) electrons. The second kappa shape index (κ2) is 7.83. The van der Waals surface area contributed by atoms with E-state index in [2.05, 4.69) is 10.3 Å². The number of nitrogens with zero attached hydrogens (tertiary/aromatic N) is 2. The molecule has 4 N–H and O–H groups in total. The van der Waals surface area contributed by atoms with Crippen LogP contribution in [0, 0.1) is 0 Å². The number of aromatic carboxylic acids is 1. The zero-order chi connectivity index (χ0) is 15.8. The lowest BCUT2D eigenvalue weighted by Gasteiger charge is -2.21. The average molecular weight is 294 g/mol. The second-order valence-electron chi connectivity index (χ2n) is 4.38. The quantitative estimate of drug-likeness (QED) is 0.688. The van der Waals surface area contributed by atoms with Gasteiger partial charge in [0, 0.05) is 12.7 Å². The summed E-state index contributed by atoms with van der Waals surface area (Å²) in [7, 11) is 0. The number of nitrogens with two attached hydrogens (primary N) is 1. The Balaban J connectivity index is 2.85. The van der Waals surface area contributed by atoms with Gasteiger partial charge >= 0.3 is 12.0 Å². The lowest BCUT2D eigenvalue weighted by atomic mass is 10.3. The molecular weight excluding hydrogens is 276 g/mol. The number of amides is 3. The number of carbonyl (C=O) groups is 3. The molecule has 1 aromatic rings. The molecule has 1 heterocycles. The molecule has 114 valence electrons. The van der Waals surface area contributed by atoms with Gasteiger partial charge in [-0.05, 0) is 18.6 Å². The Labute approximate surface area is 121 Å². The highest BCUT2D eigenvalue weighted by Gasteiger charge is 2.18. The van der Waals surface area contributed by atoms with Gasteiger partial charge in [0.25, 0.3) is 0 Å². The molecule has 1 aromatic heterocycles. The van der Waals surface area contributed by atoms with Crippen molar-refractivity contribution in [3.63, 3.8) is 0 Å². The molecule has 0 aromatic carbocycles. The van der Waals surface area contributed by atoms with Crippen LogP contribution in [0.4, 0.5) is 10.5 Å². The molecular formula is C13H18N4O4. The molecule has 0 aliphatic carbocycles. The van der Waals surface area contributed by atoms with Crippen LogP contribution in [0.2, 0.25) is 0 Å². The number of anilines is 1. The number of urea groups is 1. The van der Waals surface area contributed by atoms with Crippen LogP contribution in [-0.4, -0.2) is 46.0 Å². The first-order chi connectivity index (χ1) is 9.95. The van der Waals surface area contributed by atoms with E-state index in [0.717, 1.165) is 6.42 Å². The first kappa shape index (κ1) is 16.4. The summed E-state index contributed by atoms with van der Waals surface area (Å²) in [5.74, 6) is -1.88. The van der Waals surface area contributed by atoms with Crippen molar-refractivity contribution in [1.82, 2.24) is 9.88 Å². The zero-order valence-corrected chi connectivity index (χ0v) is 11.7. The number of carboxylic acid groups (broad SMARTS) is 1. The minimum atomic E-state index is -1.25. The maximum Gasteiger partial charge on any atom is 0.356 e. The van der Waals surface area contributed by atoms with Crippen LogP contribution >= 0.6 is 0 Å². The summed E-state index contributed by atoms with van der Waals surface area (Å²) in [6.07, 6.45) is 2.87. The van der Waals surface area contributed by atoms with Gasteiger partial charge < -0.3 is 21.1 Å². The van der Waals surface area contributed by atoms with Crippen LogP contribution in [0.15, 0.2) is 18.3 Å². The molecule has 0 saturated carbocycles. The Morgan fingerprint density at radius 3 is 2.71 bits per heavy atom. The van der Waals surface area contributed by atoms with Gasteiger partial charge in [-0.3, -0.25) is 4.79 Å². The van der Waals surface area contributed by atoms with E-state index < -0.39 is 17.9 Å². The molecule has 8 nitrogen and oxygen atoms in total. The first-order valence-corrected chi connectivity index (χ1v) is 6.48. The summed E-state index contributed by atoms with van der Waals surface area (Å²) in [4.78, 5) is 39.1. The number of carbonyl (C=O) groups excluding carboxylic acids is 2. The molecule has 3 amide bonds. The van der Waals surface area contributed by atoms with Crippen molar-refractivity contribution in [1.29, 1.82) is 0 Å². The van der Waals surface area contributed by atoms with Crippen molar-refractivity contribution in [3.05, 3.63) is 24.0 Å². The van der Waals surface area contributed by atoms with Crippen LogP contribution in [0.3, 0.4) is 0 Å². The highest BCUT2D eigenvalue weighted by atomic mass is 16.4. The van der Waals surface area contributed by atoms with Crippen LogP contribution in [0.1, 0.15) is 30.3 Å². The fourth-order valence-electron chi connectivity index (χ4n) is 1.66. The fraction of sp³-hybridized carbons (Fsp3) is 0.385. The van der Waals surface area contributed by atoms with Gasteiger partial charge in [0.1, 0.15) is 6.54 Å². The van der Waals surface area contributed by atoms with Crippen molar-refractivity contribution < 1.29 is 19.5 Å². The lowest BCUT2D eigenvalue weighted by molar-refractivity contribution is -0.118. The Bertz CT molecular complexity index is 533. The summed E-state index contributed by atoms with van der Waals surface area (Å²) in [6.45, 7) is 2.08. The van der Waals surface area contributed by atoms with Crippen LogP contribution in [-0.2, 0) is 4.79 Å². The normalized spacial score (nSPS) is 9.95. The molecule has 0 bridgehead atoms. The van der Waals surface area contributed by atoms with Crippen LogP contribution in [0.5, 0.6) is 0 Å². The van der Waals surface area contributed by atoms with Gasteiger partial charge in [-0.1, -0.05) is 13.3 Å². The van der Waals surface area contributed by atoms with E-state index >= 15 is 0 Å². The molecule has 0 aliphatic rings. The molecule has 0 atom stereocenters. The number of unbranched alkanes of at least 4 members (excludes halogenated alkanes) is 1. The number of aromatic nitrogens is 1. The Morgan fingerprint density at radius 2 is 2.14 bits per heavy atom. The predicted molar refractivity (Wildman–Crippen MR) is 75.9 cm³/mol. The largest absolute Gasteiger partial charge is 0.476 e. The molecule has 0 saturated heterocycles. The van der Waals surface area contributed by atoms with Gasteiger partial charge in [-0.25, -0.2) is 14.6 Å². The maximum atomic E-state index is 12.1. The lowest BCUT2D eigenvalue weighted by Crippen LogP contribution is -2.41. The van der Waals surface area contributed by atoms with Gasteiger partial charge in [0.05, 0.1) is 5.69 Å². The minimum absolute atomic E-state index is 0.0703. The highest BCUT2D eigenvalue weighted by Crippen LogP contribution is 2.13. The van der Waals surface area contributed by atoms with E-state index in [1.807, 2.05) is 6.92 Å². The van der Waals surface area contributed by atoms with Gasteiger partial charge in [0.15, 0.2) is 5.69 Å². The third-order valence-corrected chi connectivity index (χ3v) is 2.67. The average Bonchev–Trinajstić information content (AvgIpc) is 2.43. The standard InChI is InChI=1S/C13H18N4O4/c1-2-3-7-17(8-10(14)18)13(21)16-9-5-4-6-15-11(9)12(19)20/h4-6H,2-3,7-8H2,1H3,(H2,14,18)(H,16,21)(H,19,20). The summed E-state index contributed by atoms with van der Waals surface area (Å²) in [5, 5.41) is 11.4. The van der Waals surface area contributed by atoms with E-state index in [4.69, 9.17) is 10.8 Å². The van der Waals surface area contributed by atoms with Crippen molar-refractivity contribution in [2.75, 3.05) is 18.4 Å². The number of rotatable bonds is 7. The molecule has 0 unspecified atom stereocenters. The van der Waals surface area contributed by atoms with Gasteiger partial charge in [-0.2, -0.15) is 0 Å². The molecule has 8 heteroatoms. The van der Waals surface area contributed by atoms with Crippen LogP contribution in [0.25, 0.3) is 0 Å². The zero-order valence-electron chi connectivity index (χ0n) is 11.7. The van der Waals surface area contributed by atoms with Gasteiger partial charge in [0.2, 0.25) is 5.91 Å². The Hall–Kier alpha value is -2.64. The van der Waals surface area contributed by atoms with E-state index in [9.17, 15) is 14.4 Å². The number of hydrogen-bond acceptors (Lipinski definition) is 4. The van der Waals surface area contributed by atoms with Crippen molar-refractivity contribution >= 4 is 23.6 Å².